The van der Waals surface area contributed by atoms with Crippen LogP contribution in [-0.4, -0.2) is 13.9 Å². The first-order valence-electron chi connectivity index (χ1n) is 3.17. The zero-order valence-corrected chi connectivity index (χ0v) is 7.79. The minimum absolute atomic E-state index is 0.651. The van der Waals surface area contributed by atoms with E-state index < -0.39 is 13.9 Å². The Morgan fingerprint density at radius 1 is 1.30 bits per heavy atom. The van der Waals surface area contributed by atoms with E-state index in [9.17, 15) is 0 Å². The van der Waals surface area contributed by atoms with Crippen molar-refractivity contribution in [2.24, 2.45) is 0 Å². The molecule has 1 aromatic carbocycles. The van der Waals surface area contributed by atoms with E-state index in [1.54, 1.807) is 0 Å². The van der Waals surface area contributed by atoms with Crippen LogP contribution in [-0.2, 0) is 0 Å². The van der Waals surface area contributed by atoms with Gasteiger partial charge in [0.1, 0.15) is 0 Å². The van der Waals surface area contributed by atoms with E-state index in [1.165, 1.54) is 4.46 Å². The molecule has 1 rings (SSSR count). The predicted molar refractivity (Wildman–Crippen MR) is 47.9 cm³/mol. The van der Waals surface area contributed by atoms with E-state index >= 15 is 0 Å². The van der Waals surface area contributed by atoms with Crippen molar-refractivity contribution in [3.8, 4) is 0 Å². The Kier molecular flexibility index (Phi) is 2.73. The summed E-state index contributed by atoms with van der Waals surface area (Å²) >= 11 is -0.651. The van der Waals surface area contributed by atoms with Crippen LogP contribution in [0.2, 0.25) is 5.82 Å². The number of benzene rings is 1. The zero-order chi connectivity index (χ0) is 7.40. The molecule has 0 bridgehead atoms. The molecule has 0 radical (unpaired) electrons. The Morgan fingerprint density at radius 2 is 1.90 bits per heavy atom. The average molecular weight is 198 g/mol. The number of hydrogen-bond donors (Lipinski definition) is 0. The fourth-order valence-corrected chi connectivity index (χ4v) is 2.37. The quantitative estimate of drug-likeness (QED) is 0.635. The Bertz CT molecular complexity index is 203. The molecular formula is C9H11Se+. The summed E-state index contributed by atoms with van der Waals surface area (Å²) in [5, 5.41) is 0. The molecule has 1 atom stereocenters. The van der Waals surface area contributed by atoms with Gasteiger partial charge in [0.2, 0.25) is 0 Å². The summed E-state index contributed by atoms with van der Waals surface area (Å²) in [6.45, 7) is 3.79. The third-order valence-corrected chi connectivity index (χ3v) is 4.55. The van der Waals surface area contributed by atoms with E-state index in [4.69, 9.17) is 0 Å². The van der Waals surface area contributed by atoms with Crippen molar-refractivity contribution in [3.63, 3.8) is 0 Å². The molecule has 1 unspecified atom stereocenters. The normalized spacial score (nSPS) is 12.5. The average Bonchev–Trinajstić information content (AvgIpc) is 2.05. The second kappa shape index (κ2) is 3.60. The fourth-order valence-electron chi connectivity index (χ4n) is 0.731. The van der Waals surface area contributed by atoms with Crippen molar-refractivity contribution in [3.05, 3.63) is 41.9 Å². The van der Waals surface area contributed by atoms with Gasteiger partial charge in [-0.3, -0.25) is 0 Å². The minimum atomic E-state index is -0.651. The van der Waals surface area contributed by atoms with E-state index in [1.807, 2.05) is 6.07 Å². The third kappa shape index (κ3) is 1.73. The van der Waals surface area contributed by atoms with Crippen LogP contribution in [0.4, 0.5) is 0 Å². The molecule has 0 fully saturated rings. The van der Waals surface area contributed by atoms with E-state index in [-0.39, 0.29) is 0 Å². The monoisotopic (exact) mass is 199 g/mol. The third-order valence-electron chi connectivity index (χ3n) is 1.36. The molecule has 0 N–H and O–H groups in total. The van der Waals surface area contributed by atoms with Crippen LogP contribution in [0.25, 0.3) is 0 Å². The van der Waals surface area contributed by atoms with Gasteiger partial charge in [-0.15, -0.1) is 0 Å². The van der Waals surface area contributed by atoms with E-state index in [0.29, 0.717) is 0 Å². The van der Waals surface area contributed by atoms with Crippen molar-refractivity contribution < 1.29 is 0 Å². The van der Waals surface area contributed by atoms with Crippen molar-refractivity contribution >= 4 is 18.4 Å². The Morgan fingerprint density at radius 3 is 2.40 bits per heavy atom. The summed E-state index contributed by atoms with van der Waals surface area (Å²) in [4.78, 5) is 2.08. The van der Waals surface area contributed by atoms with Gasteiger partial charge in [-0.1, -0.05) is 0 Å². The maximum atomic E-state index is 3.79. The second-order valence-corrected chi connectivity index (χ2v) is 6.07. The van der Waals surface area contributed by atoms with Crippen LogP contribution in [0.1, 0.15) is 0 Å². The predicted octanol–water partition coefficient (Wildman–Crippen LogP) is 1.74. The molecular weight excluding hydrogens is 187 g/mol. The topological polar surface area (TPSA) is 0 Å². The molecule has 0 aliphatic carbocycles. The van der Waals surface area contributed by atoms with Crippen LogP contribution in [0.3, 0.4) is 0 Å². The SMILES string of the molecule is C=C[Se+](C)c1ccccc1. The first-order chi connectivity index (χ1) is 4.84. The van der Waals surface area contributed by atoms with Gasteiger partial charge < -0.3 is 0 Å². The summed E-state index contributed by atoms with van der Waals surface area (Å²) in [7, 11) is 0. The van der Waals surface area contributed by atoms with Crippen molar-refractivity contribution in [1.29, 1.82) is 0 Å². The number of rotatable bonds is 2. The molecule has 0 heterocycles. The van der Waals surface area contributed by atoms with Crippen molar-refractivity contribution in [2.45, 2.75) is 5.82 Å². The first-order valence-corrected chi connectivity index (χ1v) is 6.73. The molecule has 0 amide bonds. The molecule has 0 aliphatic heterocycles. The molecule has 1 heteroatoms. The maximum absolute atomic E-state index is 3.79. The van der Waals surface area contributed by atoms with Crippen LogP contribution >= 0.6 is 0 Å². The van der Waals surface area contributed by atoms with Crippen LogP contribution in [0.5, 0.6) is 0 Å². The summed E-state index contributed by atoms with van der Waals surface area (Å²) in [5.41, 5.74) is 0. The van der Waals surface area contributed by atoms with Gasteiger partial charge in [-0.2, -0.15) is 0 Å². The summed E-state index contributed by atoms with van der Waals surface area (Å²) < 4.78 is 1.46. The van der Waals surface area contributed by atoms with Crippen molar-refractivity contribution in [1.82, 2.24) is 0 Å². The fraction of sp³-hybridized carbons (Fsp3) is 0.111. The standard InChI is InChI=1S/C9H11Se/c1-3-10(2)9-7-5-4-6-8-9/h3-8H,1H2,2H3/q+1. The van der Waals surface area contributed by atoms with Crippen LogP contribution in [0, 0.1) is 0 Å². The molecule has 0 aliphatic rings. The van der Waals surface area contributed by atoms with Gasteiger partial charge in [-0.05, 0) is 0 Å². The van der Waals surface area contributed by atoms with Gasteiger partial charge in [0.15, 0.2) is 0 Å². The molecule has 52 valence electrons. The number of hydrogen-bond acceptors (Lipinski definition) is 0. The van der Waals surface area contributed by atoms with Gasteiger partial charge in [0.25, 0.3) is 0 Å². The van der Waals surface area contributed by atoms with Gasteiger partial charge in [-0.25, -0.2) is 0 Å². The second-order valence-electron chi connectivity index (χ2n) is 2.04. The summed E-state index contributed by atoms with van der Waals surface area (Å²) in [5.74, 6) is 2.27. The van der Waals surface area contributed by atoms with E-state index in [0.717, 1.165) is 0 Å². The molecule has 0 saturated heterocycles. The molecule has 0 nitrogen and oxygen atoms in total. The van der Waals surface area contributed by atoms with Crippen LogP contribution < -0.4 is 4.46 Å². The molecule has 0 saturated carbocycles. The Balaban J connectivity index is 2.84. The Hall–Kier alpha value is -0.521. The first kappa shape index (κ1) is 7.58. The summed E-state index contributed by atoms with van der Waals surface area (Å²) in [6, 6.07) is 10.6. The molecule has 0 spiro atoms. The van der Waals surface area contributed by atoms with Gasteiger partial charge in [0, 0.05) is 0 Å². The summed E-state index contributed by atoms with van der Waals surface area (Å²) in [6.07, 6.45) is 0. The molecule has 10 heavy (non-hydrogen) atoms. The van der Waals surface area contributed by atoms with E-state index in [2.05, 4.69) is 41.6 Å². The molecule has 1 aromatic rings. The zero-order valence-electron chi connectivity index (χ0n) is 6.08. The molecule has 0 aromatic heterocycles. The van der Waals surface area contributed by atoms with Crippen LogP contribution in [0.15, 0.2) is 41.9 Å². The Labute approximate surface area is 66.5 Å². The van der Waals surface area contributed by atoms with Crippen molar-refractivity contribution in [2.75, 3.05) is 0 Å². The van der Waals surface area contributed by atoms with Gasteiger partial charge >= 0.3 is 66.1 Å². The van der Waals surface area contributed by atoms with Gasteiger partial charge in [0.05, 0.1) is 0 Å².